The minimum Gasteiger partial charge on any atom is -0.340 e. The molecule has 1 N–H and O–H groups in total. The van der Waals surface area contributed by atoms with Gasteiger partial charge in [0.2, 0.25) is 5.91 Å². The van der Waals surface area contributed by atoms with Gasteiger partial charge >= 0.3 is 0 Å². The van der Waals surface area contributed by atoms with Crippen molar-refractivity contribution in [3.05, 3.63) is 21.4 Å². The summed E-state index contributed by atoms with van der Waals surface area (Å²) >= 11 is 1.64. The SMILES string of the molecule is Cc1cc(C(=O)CCC(=O)N2CCNCC2)c(C)s1.Cl. The Morgan fingerprint density at radius 3 is 2.45 bits per heavy atom. The van der Waals surface area contributed by atoms with Crippen LogP contribution in [0.2, 0.25) is 0 Å². The fourth-order valence-electron chi connectivity index (χ4n) is 2.34. The summed E-state index contributed by atoms with van der Waals surface area (Å²) in [6, 6.07) is 1.93. The van der Waals surface area contributed by atoms with Crippen LogP contribution in [0.3, 0.4) is 0 Å². The predicted octanol–water partition coefficient (Wildman–Crippen LogP) is 2.18. The third-order valence-electron chi connectivity index (χ3n) is 3.38. The fraction of sp³-hybridized carbons (Fsp3) is 0.571. The summed E-state index contributed by atoms with van der Waals surface area (Å²) in [6.45, 7) is 7.17. The lowest BCUT2D eigenvalue weighted by molar-refractivity contribution is -0.131. The zero-order chi connectivity index (χ0) is 13.8. The van der Waals surface area contributed by atoms with Gasteiger partial charge in [-0.2, -0.15) is 0 Å². The Hall–Kier alpha value is -0.910. The molecule has 0 radical (unpaired) electrons. The minimum atomic E-state index is 0. The number of rotatable bonds is 4. The van der Waals surface area contributed by atoms with Gasteiger partial charge in [0, 0.05) is 54.3 Å². The summed E-state index contributed by atoms with van der Waals surface area (Å²) in [5.41, 5.74) is 0.788. The number of amides is 1. The Kier molecular flexibility index (Phi) is 6.65. The van der Waals surface area contributed by atoms with Crippen LogP contribution in [0, 0.1) is 13.8 Å². The number of thiophene rings is 1. The predicted molar refractivity (Wildman–Crippen MR) is 84.1 cm³/mol. The average Bonchev–Trinajstić information content (AvgIpc) is 2.75. The lowest BCUT2D eigenvalue weighted by Gasteiger charge is -2.27. The molecular formula is C14H21ClN2O2S. The van der Waals surface area contributed by atoms with Crippen LogP contribution >= 0.6 is 23.7 Å². The van der Waals surface area contributed by atoms with Crippen molar-refractivity contribution in [2.75, 3.05) is 26.2 Å². The molecule has 2 rings (SSSR count). The Labute approximate surface area is 130 Å². The van der Waals surface area contributed by atoms with E-state index in [1.807, 2.05) is 24.8 Å². The van der Waals surface area contributed by atoms with Crippen molar-refractivity contribution in [2.24, 2.45) is 0 Å². The van der Waals surface area contributed by atoms with Gasteiger partial charge in [0.1, 0.15) is 0 Å². The summed E-state index contributed by atoms with van der Waals surface area (Å²) < 4.78 is 0. The number of Topliss-reactive ketones (excluding diaryl/α,β-unsaturated/α-hetero) is 1. The maximum Gasteiger partial charge on any atom is 0.223 e. The number of carbonyl (C=O) groups excluding carboxylic acids is 2. The van der Waals surface area contributed by atoms with Crippen molar-refractivity contribution < 1.29 is 9.59 Å². The van der Waals surface area contributed by atoms with Gasteiger partial charge in [-0.1, -0.05) is 0 Å². The van der Waals surface area contributed by atoms with Gasteiger partial charge in [0.25, 0.3) is 0 Å². The summed E-state index contributed by atoms with van der Waals surface area (Å²) in [5.74, 6) is 0.185. The van der Waals surface area contributed by atoms with E-state index >= 15 is 0 Å². The second-order valence-electron chi connectivity index (χ2n) is 4.88. The molecule has 1 amide bonds. The van der Waals surface area contributed by atoms with Crippen LogP contribution < -0.4 is 5.32 Å². The van der Waals surface area contributed by atoms with E-state index < -0.39 is 0 Å². The molecule has 2 heterocycles. The molecule has 1 aliphatic rings. The van der Waals surface area contributed by atoms with Gasteiger partial charge < -0.3 is 10.2 Å². The number of halogens is 1. The second kappa shape index (κ2) is 7.76. The molecule has 112 valence electrons. The molecule has 1 aromatic heterocycles. The topological polar surface area (TPSA) is 49.4 Å². The highest BCUT2D eigenvalue weighted by molar-refractivity contribution is 7.12. The Bertz CT molecular complexity index is 482. The van der Waals surface area contributed by atoms with Gasteiger partial charge in [-0.15, -0.1) is 23.7 Å². The molecule has 0 aliphatic carbocycles. The molecule has 0 spiro atoms. The van der Waals surface area contributed by atoms with E-state index in [9.17, 15) is 9.59 Å². The maximum absolute atomic E-state index is 12.1. The van der Waals surface area contributed by atoms with Crippen LogP contribution in [0.5, 0.6) is 0 Å². The maximum atomic E-state index is 12.1. The lowest BCUT2D eigenvalue weighted by Crippen LogP contribution is -2.46. The van der Waals surface area contributed by atoms with Crippen LogP contribution in [0.1, 0.15) is 33.0 Å². The lowest BCUT2D eigenvalue weighted by atomic mass is 10.1. The smallest absolute Gasteiger partial charge is 0.223 e. The Morgan fingerprint density at radius 2 is 1.90 bits per heavy atom. The molecular weight excluding hydrogens is 296 g/mol. The van der Waals surface area contributed by atoms with Crippen molar-refractivity contribution in [1.29, 1.82) is 0 Å². The zero-order valence-electron chi connectivity index (χ0n) is 11.9. The largest absolute Gasteiger partial charge is 0.340 e. The molecule has 0 aromatic carbocycles. The number of ketones is 1. The molecule has 0 bridgehead atoms. The Balaban J connectivity index is 0.00000200. The molecule has 1 aliphatic heterocycles. The molecule has 0 unspecified atom stereocenters. The van der Waals surface area contributed by atoms with E-state index in [1.54, 1.807) is 11.3 Å². The van der Waals surface area contributed by atoms with Gasteiger partial charge in [-0.25, -0.2) is 0 Å². The van der Waals surface area contributed by atoms with Crippen molar-refractivity contribution in [1.82, 2.24) is 10.2 Å². The number of nitrogens with one attached hydrogen (secondary N) is 1. The van der Waals surface area contributed by atoms with Crippen LogP contribution in [0.4, 0.5) is 0 Å². The first-order chi connectivity index (χ1) is 9.08. The van der Waals surface area contributed by atoms with Crippen molar-refractivity contribution in [2.45, 2.75) is 26.7 Å². The number of carbonyl (C=O) groups is 2. The normalized spacial score (nSPS) is 14.8. The second-order valence-corrected chi connectivity index (χ2v) is 6.34. The van der Waals surface area contributed by atoms with Crippen LogP contribution in [-0.2, 0) is 4.79 Å². The standard InChI is InChI=1S/C14H20N2O2S.ClH/c1-10-9-12(11(2)19-10)13(17)3-4-14(18)16-7-5-15-6-8-16;/h9,15H,3-8H2,1-2H3;1H. The summed E-state index contributed by atoms with van der Waals surface area (Å²) in [7, 11) is 0. The van der Waals surface area contributed by atoms with Crippen molar-refractivity contribution in [3.8, 4) is 0 Å². The molecule has 1 aromatic rings. The zero-order valence-corrected chi connectivity index (χ0v) is 13.5. The highest BCUT2D eigenvalue weighted by atomic mass is 35.5. The monoisotopic (exact) mass is 316 g/mol. The van der Waals surface area contributed by atoms with Crippen LogP contribution in [-0.4, -0.2) is 42.8 Å². The number of hydrogen-bond donors (Lipinski definition) is 1. The van der Waals surface area contributed by atoms with Crippen LogP contribution in [0.15, 0.2) is 6.07 Å². The molecule has 6 heteroatoms. The molecule has 1 saturated heterocycles. The summed E-state index contributed by atoms with van der Waals surface area (Å²) in [5, 5.41) is 3.21. The molecule has 20 heavy (non-hydrogen) atoms. The molecule has 4 nitrogen and oxygen atoms in total. The first-order valence-corrected chi connectivity index (χ1v) is 7.48. The van der Waals surface area contributed by atoms with E-state index in [2.05, 4.69) is 5.32 Å². The quantitative estimate of drug-likeness (QED) is 0.866. The van der Waals surface area contributed by atoms with Crippen molar-refractivity contribution in [3.63, 3.8) is 0 Å². The van der Waals surface area contributed by atoms with E-state index in [0.29, 0.717) is 12.8 Å². The number of aryl methyl sites for hydroxylation is 2. The van der Waals surface area contributed by atoms with E-state index in [-0.39, 0.29) is 24.1 Å². The Morgan fingerprint density at radius 1 is 1.25 bits per heavy atom. The minimum absolute atomic E-state index is 0. The number of piperazine rings is 1. The third-order valence-corrected chi connectivity index (χ3v) is 4.34. The number of hydrogen-bond acceptors (Lipinski definition) is 4. The first kappa shape index (κ1) is 17.1. The first-order valence-electron chi connectivity index (χ1n) is 6.66. The van der Waals surface area contributed by atoms with Crippen LogP contribution in [0.25, 0.3) is 0 Å². The van der Waals surface area contributed by atoms with E-state index in [1.165, 1.54) is 0 Å². The molecule has 0 saturated carbocycles. The van der Waals surface area contributed by atoms with Gasteiger partial charge in [-0.3, -0.25) is 9.59 Å². The number of nitrogens with zero attached hydrogens (tertiary/aromatic N) is 1. The summed E-state index contributed by atoms with van der Waals surface area (Å²) in [6.07, 6.45) is 0.646. The molecule has 1 fully saturated rings. The fourth-order valence-corrected chi connectivity index (χ4v) is 3.28. The molecule has 0 atom stereocenters. The van der Waals surface area contributed by atoms with Crippen molar-refractivity contribution >= 4 is 35.4 Å². The summed E-state index contributed by atoms with van der Waals surface area (Å²) in [4.78, 5) is 28.1. The van der Waals surface area contributed by atoms with E-state index in [4.69, 9.17) is 0 Å². The average molecular weight is 317 g/mol. The highest BCUT2D eigenvalue weighted by Crippen LogP contribution is 2.22. The highest BCUT2D eigenvalue weighted by Gasteiger charge is 2.18. The van der Waals surface area contributed by atoms with Gasteiger partial charge in [0.05, 0.1) is 0 Å². The van der Waals surface area contributed by atoms with Gasteiger partial charge in [-0.05, 0) is 19.9 Å². The third kappa shape index (κ3) is 4.30. The van der Waals surface area contributed by atoms with E-state index in [0.717, 1.165) is 41.5 Å². The van der Waals surface area contributed by atoms with Gasteiger partial charge in [0.15, 0.2) is 5.78 Å².